The fraction of sp³-hybridized carbons (Fsp3) is 0.571. The highest BCUT2D eigenvalue weighted by atomic mass is 16.5. The van der Waals surface area contributed by atoms with E-state index in [1.807, 2.05) is 24.3 Å². The molecule has 0 radical (unpaired) electrons. The lowest BCUT2D eigenvalue weighted by atomic mass is 10.1. The normalized spacial score (nSPS) is 18.0. The van der Waals surface area contributed by atoms with Gasteiger partial charge in [-0.15, -0.1) is 0 Å². The molecule has 3 nitrogen and oxygen atoms in total. The van der Waals surface area contributed by atoms with Crippen molar-refractivity contribution in [1.82, 2.24) is 4.90 Å². The summed E-state index contributed by atoms with van der Waals surface area (Å²) in [5.41, 5.74) is 0. The molecular weight excluding hydrogens is 214 g/mol. The molecule has 1 aliphatic rings. The smallest absolute Gasteiger partial charge is 0.123 e. The molecule has 0 unspecified atom stereocenters. The van der Waals surface area contributed by atoms with E-state index < -0.39 is 0 Å². The maximum absolute atomic E-state index is 5.98. The molecule has 0 saturated carbocycles. The Labute approximate surface area is 103 Å². The molecule has 0 amide bonds. The van der Waals surface area contributed by atoms with Crippen molar-refractivity contribution in [3.63, 3.8) is 0 Å². The van der Waals surface area contributed by atoms with Gasteiger partial charge in [0.2, 0.25) is 0 Å². The van der Waals surface area contributed by atoms with E-state index in [-0.39, 0.29) is 0 Å². The Hall–Kier alpha value is -1.22. The fourth-order valence-electron chi connectivity index (χ4n) is 2.21. The van der Waals surface area contributed by atoms with Crippen molar-refractivity contribution in [2.24, 2.45) is 0 Å². The molecule has 1 aromatic carbocycles. The Kier molecular flexibility index (Phi) is 4.26. The molecule has 1 heterocycles. The third-order valence-electron chi connectivity index (χ3n) is 3.33. The molecule has 1 aliphatic heterocycles. The van der Waals surface area contributed by atoms with Crippen LogP contribution in [0.15, 0.2) is 24.3 Å². The van der Waals surface area contributed by atoms with Gasteiger partial charge >= 0.3 is 0 Å². The number of benzene rings is 1. The minimum Gasteiger partial charge on any atom is -0.497 e. The first kappa shape index (κ1) is 12.2. The summed E-state index contributed by atoms with van der Waals surface area (Å²) in [7, 11) is 1.68. The quantitative estimate of drug-likeness (QED) is 0.800. The number of ether oxygens (including phenoxy) is 2. The van der Waals surface area contributed by atoms with Crippen LogP contribution in [0, 0.1) is 0 Å². The molecule has 0 atom stereocenters. The zero-order valence-electron chi connectivity index (χ0n) is 10.7. The number of nitrogens with zero attached hydrogens (tertiary/aromatic N) is 1. The summed E-state index contributed by atoms with van der Waals surface area (Å²) < 4.78 is 11.2. The van der Waals surface area contributed by atoms with E-state index in [2.05, 4.69) is 11.8 Å². The minimum absolute atomic E-state index is 0.352. The maximum Gasteiger partial charge on any atom is 0.123 e. The summed E-state index contributed by atoms with van der Waals surface area (Å²) in [6, 6.07) is 7.85. The Morgan fingerprint density at radius 1 is 1.24 bits per heavy atom. The number of hydrogen-bond donors (Lipinski definition) is 0. The van der Waals surface area contributed by atoms with Crippen molar-refractivity contribution < 1.29 is 9.47 Å². The van der Waals surface area contributed by atoms with Gasteiger partial charge in [0.15, 0.2) is 0 Å². The number of likely N-dealkylation sites (tertiary alicyclic amines) is 1. The summed E-state index contributed by atoms with van der Waals surface area (Å²) in [4.78, 5) is 2.46. The monoisotopic (exact) mass is 235 g/mol. The third kappa shape index (κ3) is 3.37. The second-order valence-electron chi connectivity index (χ2n) is 4.43. The molecule has 3 heteroatoms. The van der Waals surface area contributed by atoms with Crippen LogP contribution in [0.5, 0.6) is 11.5 Å². The molecule has 1 saturated heterocycles. The zero-order valence-corrected chi connectivity index (χ0v) is 10.7. The average Bonchev–Trinajstić information content (AvgIpc) is 2.40. The first-order valence-corrected chi connectivity index (χ1v) is 6.35. The van der Waals surface area contributed by atoms with Gasteiger partial charge in [-0.1, -0.05) is 13.0 Å². The fourth-order valence-corrected chi connectivity index (χ4v) is 2.21. The van der Waals surface area contributed by atoms with E-state index >= 15 is 0 Å². The first-order chi connectivity index (χ1) is 8.31. The largest absolute Gasteiger partial charge is 0.497 e. The van der Waals surface area contributed by atoms with Crippen LogP contribution in [-0.4, -0.2) is 37.7 Å². The number of rotatable bonds is 4. The van der Waals surface area contributed by atoms with E-state index in [0.29, 0.717) is 6.10 Å². The third-order valence-corrected chi connectivity index (χ3v) is 3.33. The summed E-state index contributed by atoms with van der Waals surface area (Å²) in [5, 5.41) is 0. The van der Waals surface area contributed by atoms with E-state index in [4.69, 9.17) is 9.47 Å². The van der Waals surface area contributed by atoms with Crippen LogP contribution < -0.4 is 9.47 Å². The van der Waals surface area contributed by atoms with Crippen LogP contribution in [0.3, 0.4) is 0 Å². The topological polar surface area (TPSA) is 21.7 Å². The first-order valence-electron chi connectivity index (χ1n) is 6.35. The molecular formula is C14H21NO2. The van der Waals surface area contributed by atoms with Crippen LogP contribution in [0.4, 0.5) is 0 Å². The predicted molar refractivity (Wildman–Crippen MR) is 68.8 cm³/mol. The highest BCUT2D eigenvalue weighted by Crippen LogP contribution is 2.23. The molecule has 94 valence electrons. The summed E-state index contributed by atoms with van der Waals surface area (Å²) >= 11 is 0. The molecule has 1 aromatic rings. The Balaban J connectivity index is 1.88. The van der Waals surface area contributed by atoms with Gasteiger partial charge in [-0.2, -0.15) is 0 Å². The molecule has 0 spiro atoms. The van der Waals surface area contributed by atoms with Crippen molar-refractivity contribution >= 4 is 0 Å². The molecule has 0 bridgehead atoms. The SMILES string of the molecule is CCN1CCC(Oc2cccc(OC)c2)CC1. The number of hydrogen-bond acceptors (Lipinski definition) is 3. The van der Waals surface area contributed by atoms with Crippen LogP contribution in [0.2, 0.25) is 0 Å². The van der Waals surface area contributed by atoms with Gasteiger partial charge in [0.25, 0.3) is 0 Å². The lowest BCUT2D eigenvalue weighted by Crippen LogP contribution is -2.37. The van der Waals surface area contributed by atoms with E-state index in [1.54, 1.807) is 7.11 Å². The summed E-state index contributed by atoms with van der Waals surface area (Å²) in [6.07, 6.45) is 2.58. The van der Waals surface area contributed by atoms with Gasteiger partial charge < -0.3 is 14.4 Å². The second kappa shape index (κ2) is 5.92. The van der Waals surface area contributed by atoms with Crippen molar-refractivity contribution in [3.8, 4) is 11.5 Å². The minimum atomic E-state index is 0.352. The second-order valence-corrected chi connectivity index (χ2v) is 4.43. The van der Waals surface area contributed by atoms with Gasteiger partial charge in [-0.05, 0) is 31.5 Å². The highest BCUT2D eigenvalue weighted by molar-refractivity contribution is 5.32. The average molecular weight is 235 g/mol. The van der Waals surface area contributed by atoms with Gasteiger partial charge in [0.05, 0.1) is 7.11 Å². The Morgan fingerprint density at radius 2 is 1.94 bits per heavy atom. The Morgan fingerprint density at radius 3 is 2.59 bits per heavy atom. The van der Waals surface area contributed by atoms with Crippen molar-refractivity contribution in [1.29, 1.82) is 0 Å². The molecule has 0 N–H and O–H groups in total. The standard InChI is InChI=1S/C14H21NO2/c1-3-15-9-7-12(8-10-15)17-14-6-4-5-13(11-14)16-2/h4-6,11-12H,3,7-10H2,1-2H3. The Bertz CT molecular complexity index is 346. The zero-order chi connectivity index (χ0) is 12.1. The van der Waals surface area contributed by atoms with Gasteiger partial charge in [0.1, 0.15) is 17.6 Å². The maximum atomic E-state index is 5.98. The van der Waals surface area contributed by atoms with Crippen molar-refractivity contribution in [3.05, 3.63) is 24.3 Å². The molecule has 0 aromatic heterocycles. The lowest BCUT2D eigenvalue weighted by Gasteiger charge is -2.31. The number of piperidine rings is 1. The van der Waals surface area contributed by atoms with E-state index in [0.717, 1.165) is 44.0 Å². The van der Waals surface area contributed by atoms with Crippen molar-refractivity contribution in [2.75, 3.05) is 26.7 Å². The molecule has 0 aliphatic carbocycles. The van der Waals surface area contributed by atoms with Gasteiger partial charge in [-0.3, -0.25) is 0 Å². The summed E-state index contributed by atoms with van der Waals surface area (Å²) in [6.45, 7) is 5.64. The summed E-state index contributed by atoms with van der Waals surface area (Å²) in [5.74, 6) is 1.77. The van der Waals surface area contributed by atoms with Gasteiger partial charge in [0, 0.05) is 19.2 Å². The number of methoxy groups -OCH3 is 1. The highest BCUT2D eigenvalue weighted by Gasteiger charge is 2.19. The lowest BCUT2D eigenvalue weighted by molar-refractivity contribution is 0.103. The van der Waals surface area contributed by atoms with Crippen molar-refractivity contribution in [2.45, 2.75) is 25.9 Å². The van der Waals surface area contributed by atoms with Crippen LogP contribution in [0.1, 0.15) is 19.8 Å². The van der Waals surface area contributed by atoms with Gasteiger partial charge in [-0.25, -0.2) is 0 Å². The molecule has 2 rings (SSSR count). The van der Waals surface area contributed by atoms with Crippen LogP contribution >= 0.6 is 0 Å². The van der Waals surface area contributed by atoms with E-state index in [9.17, 15) is 0 Å². The predicted octanol–water partition coefficient (Wildman–Crippen LogP) is 2.56. The molecule has 17 heavy (non-hydrogen) atoms. The molecule has 1 fully saturated rings. The van der Waals surface area contributed by atoms with Crippen LogP contribution in [-0.2, 0) is 0 Å². The van der Waals surface area contributed by atoms with E-state index in [1.165, 1.54) is 0 Å². The van der Waals surface area contributed by atoms with Crippen LogP contribution in [0.25, 0.3) is 0 Å².